The van der Waals surface area contributed by atoms with E-state index in [9.17, 15) is 39.9 Å². The van der Waals surface area contributed by atoms with Crippen molar-refractivity contribution in [2.75, 3.05) is 0 Å². The monoisotopic (exact) mass is 618 g/mol. The van der Waals surface area contributed by atoms with Gasteiger partial charge < -0.3 is 20.1 Å². The number of carbonyl (C=O) groups excluding carboxylic acids is 1. The number of hydrogen-bond acceptors (Lipinski definition) is 3. The van der Waals surface area contributed by atoms with E-state index in [1.807, 2.05) is 0 Å². The van der Waals surface area contributed by atoms with Crippen LogP contribution in [0, 0.1) is 12.7 Å². The first-order chi connectivity index (χ1) is 19.9. The van der Waals surface area contributed by atoms with Crippen molar-refractivity contribution in [3.8, 4) is 11.5 Å². The fraction of sp³-hybridized carbons (Fsp3) is 0.367. The van der Waals surface area contributed by atoms with E-state index in [1.54, 1.807) is 62.5 Å². The number of urea groups is 1. The summed E-state index contributed by atoms with van der Waals surface area (Å²) in [5.41, 5.74) is -0.973. The molecule has 0 aliphatic carbocycles. The molecule has 0 unspecified atom stereocenters. The summed E-state index contributed by atoms with van der Waals surface area (Å²) >= 11 is 0. The van der Waals surface area contributed by atoms with Crippen LogP contribution in [0.4, 0.5) is 39.9 Å². The Labute approximate surface area is 243 Å². The second-order valence-corrected chi connectivity index (χ2v) is 10.2. The van der Waals surface area contributed by atoms with Crippen molar-refractivity contribution in [2.45, 2.75) is 70.5 Å². The molecule has 0 bridgehead atoms. The summed E-state index contributed by atoms with van der Waals surface area (Å²) in [7, 11) is 0. The van der Waals surface area contributed by atoms with Crippen molar-refractivity contribution in [1.29, 1.82) is 0 Å². The van der Waals surface area contributed by atoms with Gasteiger partial charge in [0.05, 0.1) is 11.6 Å². The van der Waals surface area contributed by atoms with Crippen LogP contribution in [0.3, 0.4) is 0 Å². The normalized spacial score (nSPS) is 14.3. The minimum atomic E-state index is -5.00. The maximum atomic E-state index is 15.0. The smallest absolute Gasteiger partial charge is 0.461 e. The van der Waals surface area contributed by atoms with Crippen LogP contribution in [-0.4, -0.2) is 36.9 Å². The standard InChI is InChI=1S/C30H30F8N2O3/c1-17(2)42-25-14-21(11-10-18(25)3)28(16-20-8-6-5-7-9-20,40-27(41)39-19(4)29(34,35)36)22-12-23(31)15-24(13-22)43-30(37,38)26(32)33/h5-15,17,19,26H,16H2,1-4H3,(H2,39,40,41)/t19-,28-/m1/s1. The molecule has 5 nitrogen and oxygen atoms in total. The molecular weight excluding hydrogens is 588 g/mol. The topological polar surface area (TPSA) is 59.6 Å². The van der Waals surface area contributed by atoms with Gasteiger partial charge >= 0.3 is 24.7 Å². The average Bonchev–Trinajstić information content (AvgIpc) is 2.88. The zero-order chi connectivity index (χ0) is 32.2. The molecule has 0 aliphatic rings. The van der Waals surface area contributed by atoms with E-state index in [1.165, 1.54) is 12.1 Å². The summed E-state index contributed by atoms with van der Waals surface area (Å²) in [5.74, 6) is -1.89. The zero-order valence-corrected chi connectivity index (χ0v) is 23.5. The van der Waals surface area contributed by atoms with Crippen LogP contribution < -0.4 is 20.1 Å². The van der Waals surface area contributed by atoms with E-state index in [0.29, 0.717) is 29.9 Å². The van der Waals surface area contributed by atoms with Crippen LogP contribution in [-0.2, 0) is 12.0 Å². The number of amides is 2. The number of halogens is 8. The molecule has 0 aromatic heterocycles. The fourth-order valence-electron chi connectivity index (χ4n) is 4.29. The number of ether oxygens (including phenoxy) is 2. The molecule has 0 saturated heterocycles. The third-order valence-electron chi connectivity index (χ3n) is 6.39. The lowest BCUT2D eigenvalue weighted by atomic mass is 9.77. The summed E-state index contributed by atoms with van der Waals surface area (Å²) < 4.78 is 119. The van der Waals surface area contributed by atoms with Crippen LogP contribution >= 0.6 is 0 Å². The van der Waals surface area contributed by atoms with Crippen molar-refractivity contribution in [2.24, 2.45) is 0 Å². The highest BCUT2D eigenvalue weighted by atomic mass is 19.4. The molecular formula is C30H30F8N2O3. The van der Waals surface area contributed by atoms with Gasteiger partial charge in [-0.1, -0.05) is 42.5 Å². The fourth-order valence-corrected chi connectivity index (χ4v) is 4.29. The molecule has 3 rings (SSSR count). The number of nitrogens with one attached hydrogen (secondary N) is 2. The van der Waals surface area contributed by atoms with Gasteiger partial charge in [-0.05, 0) is 68.1 Å². The number of hydrogen-bond donors (Lipinski definition) is 2. The molecule has 0 saturated carbocycles. The van der Waals surface area contributed by atoms with Gasteiger partial charge in [-0.25, -0.2) is 9.18 Å². The van der Waals surface area contributed by atoms with Gasteiger partial charge in [-0.2, -0.15) is 30.7 Å². The van der Waals surface area contributed by atoms with E-state index in [2.05, 4.69) is 10.1 Å². The molecule has 2 amide bonds. The van der Waals surface area contributed by atoms with Crippen molar-refractivity contribution in [1.82, 2.24) is 10.6 Å². The molecule has 43 heavy (non-hydrogen) atoms. The quantitative estimate of drug-likeness (QED) is 0.215. The number of carbonyl (C=O) groups is 1. The summed E-state index contributed by atoms with van der Waals surface area (Å²) in [6.07, 6.45) is -14.6. The maximum Gasteiger partial charge on any atom is 0.461 e. The Hall–Kier alpha value is -4.03. The molecule has 2 N–H and O–H groups in total. The average molecular weight is 619 g/mol. The molecule has 3 aromatic carbocycles. The Balaban J connectivity index is 2.32. The largest absolute Gasteiger partial charge is 0.491 e. The van der Waals surface area contributed by atoms with Gasteiger partial charge in [-0.3, -0.25) is 0 Å². The van der Waals surface area contributed by atoms with Crippen molar-refractivity contribution in [3.05, 3.63) is 94.8 Å². The number of aryl methyl sites for hydroxylation is 1. The third kappa shape index (κ3) is 8.51. The first kappa shape index (κ1) is 33.5. The van der Waals surface area contributed by atoms with Gasteiger partial charge in [0, 0.05) is 12.5 Å². The first-order valence-electron chi connectivity index (χ1n) is 13.1. The van der Waals surface area contributed by atoms with Crippen molar-refractivity contribution < 1.29 is 49.4 Å². The second kappa shape index (κ2) is 13.1. The number of benzene rings is 3. The van der Waals surface area contributed by atoms with Crippen LogP contribution in [0.2, 0.25) is 0 Å². The summed E-state index contributed by atoms with van der Waals surface area (Å²) in [4.78, 5) is 13.2. The Bertz CT molecular complexity index is 1400. The van der Waals surface area contributed by atoms with Crippen molar-refractivity contribution >= 4 is 6.03 Å². The SMILES string of the molecule is Cc1ccc([C@@](Cc2ccccc2)(NC(=O)N[C@H](C)C(F)(F)F)c2cc(F)cc(OC(F)(F)C(F)F)c2)cc1OC(C)C. The van der Waals surface area contributed by atoms with Crippen LogP contribution in [0.1, 0.15) is 43.0 Å². The second-order valence-electron chi connectivity index (χ2n) is 10.2. The molecule has 2 atom stereocenters. The van der Waals surface area contributed by atoms with E-state index in [0.717, 1.165) is 12.1 Å². The minimum absolute atomic E-state index is 0.157. The highest BCUT2D eigenvalue weighted by molar-refractivity contribution is 5.76. The number of rotatable bonds is 11. The first-order valence-corrected chi connectivity index (χ1v) is 13.1. The lowest BCUT2D eigenvalue weighted by Crippen LogP contribution is -2.55. The van der Waals surface area contributed by atoms with Gasteiger partial charge in [0.25, 0.3) is 0 Å². The Morgan fingerprint density at radius 1 is 0.884 bits per heavy atom. The third-order valence-corrected chi connectivity index (χ3v) is 6.39. The van der Waals surface area contributed by atoms with E-state index >= 15 is 0 Å². The molecule has 3 aromatic rings. The lowest BCUT2D eigenvalue weighted by Gasteiger charge is -2.37. The Kier molecular flexibility index (Phi) is 10.2. The van der Waals surface area contributed by atoms with Crippen molar-refractivity contribution in [3.63, 3.8) is 0 Å². The van der Waals surface area contributed by atoms with Gasteiger partial charge in [0.2, 0.25) is 0 Å². The molecule has 13 heteroatoms. The summed E-state index contributed by atoms with van der Waals surface area (Å²) in [5, 5.41) is 4.28. The van der Waals surface area contributed by atoms with Gasteiger partial charge in [0.1, 0.15) is 23.4 Å². The zero-order valence-electron chi connectivity index (χ0n) is 23.5. The lowest BCUT2D eigenvalue weighted by molar-refractivity contribution is -0.253. The van der Waals surface area contributed by atoms with Crippen LogP contribution in [0.5, 0.6) is 11.5 Å². The van der Waals surface area contributed by atoms with Crippen LogP contribution in [0.25, 0.3) is 0 Å². The Morgan fingerprint density at radius 3 is 2.12 bits per heavy atom. The summed E-state index contributed by atoms with van der Waals surface area (Å²) in [6, 6.07) is 11.2. The molecule has 0 fully saturated rings. The molecule has 234 valence electrons. The van der Waals surface area contributed by atoms with E-state index < -0.39 is 47.9 Å². The van der Waals surface area contributed by atoms with Crippen LogP contribution in [0.15, 0.2) is 66.7 Å². The van der Waals surface area contributed by atoms with E-state index in [4.69, 9.17) is 4.74 Å². The Morgan fingerprint density at radius 2 is 1.53 bits per heavy atom. The van der Waals surface area contributed by atoms with Gasteiger partial charge in [-0.15, -0.1) is 0 Å². The highest BCUT2D eigenvalue weighted by Gasteiger charge is 2.45. The molecule has 0 spiro atoms. The maximum absolute atomic E-state index is 15.0. The highest BCUT2D eigenvalue weighted by Crippen LogP contribution is 2.39. The molecule has 0 radical (unpaired) electrons. The van der Waals surface area contributed by atoms with E-state index in [-0.39, 0.29) is 23.7 Å². The minimum Gasteiger partial charge on any atom is -0.491 e. The summed E-state index contributed by atoms with van der Waals surface area (Å²) in [6.45, 7) is 5.91. The molecule has 0 aliphatic heterocycles. The predicted octanol–water partition coefficient (Wildman–Crippen LogP) is 7.89. The number of alkyl halides is 7. The molecule has 0 heterocycles. The predicted molar refractivity (Wildman–Crippen MR) is 143 cm³/mol. The van der Waals surface area contributed by atoms with Gasteiger partial charge in [0.15, 0.2) is 0 Å².